The summed E-state index contributed by atoms with van der Waals surface area (Å²) in [6, 6.07) is 4.16. The van der Waals surface area contributed by atoms with Gasteiger partial charge in [-0.1, -0.05) is 39.0 Å². The minimum absolute atomic E-state index is 0.0773. The molecule has 0 aromatic heterocycles. The first-order valence-electron chi connectivity index (χ1n) is 12.3. The number of amides is 3. The molecule has 0 saturated carbocycles. The minimum atomic E-state index is -0.803. The number of rotatable bonds is 10. The lowest BCUT2D eigenvalue weighted by Crippen LogP contribution is -2.54. The molecule has 0 aliphatic heterocycles. The van der Waals surface area contributed by atoms with E-state index in [4.69, 9.17) is 4.74 Å². The molecule has 7 nitrogen and oxygen atoms in total. The van der Waals surface area contributed by atoms with Gasteiger partial charge >= 0.3 is 6.09 Å². The van der Waals surface area contributed by atoms with Crippen LogP contribution in [0.1, 0.15) is 91.0 Å². The number of aryl methyl sites for hydroxylation is 2. The van der Waals surface area contributed by atoms with Gasteiger partial charge in [-0.15, -0.1) is 0 Å². The second kappa shape index (κ2) is 12.8. The first-order chi connectivity index (χ1) is 15.7. The van der Waals surface area contributed by atoms with E-state index in [1.165, 1.54) is 0 Å². The number of nitrogens with one attached hydrogen (secondary N) is 2. The van der Waals surface area contributed by atoms with Crippen molar-refractivity contribution in [2.75, 3.05) is 6.54 Å². The lowest BCUT2D eigenvalue weighted by molar-refractivity contribution is -0.143. The Morgan fingerprint density at radius 1 is 1.00 bits per heavy atom. The molecule has 1 aromatic rings. The summed E-state index contributed by atoms with van der Waals surface area (Å²) in [5.41, 5.74) is 2.24. The monoisotopic (exact) mass is 475 g/mol. The molecule has 7 heteroatoms. The van der Waals surface area contributed by atoms with Crippen molar-refractivity contribution in [2.45, 2.75) is 106 Å². The average Bonchev–Trinajstić information content (AvgIpc) is 2.66. The summed E-state index contributed by atoms with van der Waals surface area (Å²) in [4.78, 5) is 41.5. The van der Waals surface area contributed by atoms with Crippen LogP contribution in [-0.2, 0) is 14.3 Å². The molecule has 2 N–H and O–H groups in total. The highest BCUT2D eigenvalue weighted by atomic mass is 16.6. The number of ether oxygens (including phenoxy) is 1. The second-order valence-electron chi connectivity index (χ2n) is 10.8. The molecule has 2 atom stereocenters. The zero-order valence-corrected chi connectivity index (χ0v) is 22.7. The molecule has 0 saturated heterocycles. The van der Waals surface area contributed by atoms with Gasteiger partial charge in [-0.05, 0) is 83.9 Å². The van der Waals surface area contributed by atoms with Crippen molar-refractivity contribution in [1.29, 1.82) is 0 Å². The minimum Gasteiger partial charge on any atom is -0.444 e. The molecule has 0 radical (unpaired) electrons. The zero-order chi connectivity index (χ0) is 26.2. The molecule has 34 heavy (non-hydrogen) atoms. The summed E-state index contributed by atoms with van der Waals surface area (Å²) in [6.07, 6.45) is 0.462. The van der Waals surface area contributed by atoms with Crippen LogP contribution in [0, 0.1) is 19.8 Å². The predicted octanol–water partition coefficient (Wildman–Crippen LogP) is 5.05. The highest BCUT2D eigenvalue weighted by Crippen LogP contribution is 2.26. The quantitative estimate of drug-likeness (QED) is 0.496. The molecule has 192 valence electrons. The Kier molecular flexibility index (Phi) is 11.1. The van der Waals surface area contributed by atoms with E-state index >= 15 is 0 Å². The number of hydrogen-bond donors (Lipinski definition) is 2. The summed E-state index contributed by atoms with van der Waals surface area (Å²) in [6.45, 7) is 19.5. The normalized spacial score (nSPS) is 13.4. The number of carbonyl (C=O) groups is 3. The Morgan fingerprint density at radius 2 is 1.62 bits per heavy atom. The van der Waals surface area contributed by atoms with Crippen LogP contribution < -0.4 is 10.6 Å². The Morgan fingerprint density at radius 3 is 2.09 bits per heavy atom. The van der Waals surface area contributed by atoms with E-state index in [1.54, 1.807) is 25.7 Å². The number of carbonyl (C=O) groups excluding carboxylic acids is 3. The molecule has 0 heterocycles. The molecule has 3 amide bonds. The van der Waals surface area contributed by atoms with Gasteiger partial charge in [0, 0.05) is 12.6 Å². The second-order valence-corrected chi connectivity index (χ2v) is 10.8. The fourth-order valence-electron chi connectivity index (χ4n) is 3.72. The van der Waals surface area contributed by atoms with E-state index in [2.05, 4.69) is 10.6 Å². The van der Waals surface area contributed by atoms with Gasteiger partial charge in [0.25, 0.3) is 0 Å². The summed E-state index contributed by atoms with van der Waals surface area (Å²) in [7, 11) is 0. The number of benzene rings is 1. The van der Waals surface area contributed by atoms with Crippen LogP contribution in [-0.4, -0.2) is 47.0 Å². The van der Waals surface area contributed by atoms with E-state index in [0.29, 0.717) is 19.4 Å². The van der Waals surface area contributed by atoms with Crippen molar-refractivity contribution in [3.05, 3.63) is 34.9 Å². The van der Waals surface area contributed by atoms with Crippen LogP contribution in [0.2, 0.25) is 0 Å². The van der Waals surface area contributed by atoms with Crippen molar-refractivity contribution in [3.8, 4) is 0 Å². The third-order valence-electron chi connectivity index (χ3n) is 5.28. The Labute approximate surface area is 206 Å². The zero-order valence-electron chi connectivity index (χ0n) is 22.7. The van der Waals surface area contributed by atoms with Crippen molar-refractivity contribution in [3.63, 3.8) is 0 Å². The first kappa shape index (κ1) is 29.5. The smallest absolute Gasteiger partial charge is 0.408 e. The molecule has 0 aliphatic carbocycles. The van der Waals surface area contributed by atoms with Gasteiger partial charge in [0.05, 0.1) is 0 Å². The molecule has 0 fully saturated rings. The summed E-state index contributed by atoms with van der Waals surface area (Å²) < 4.78 is 5.41. The highest BCUT2D eigenvalue weighted by molar-refractivity contribution is 5.92. The van der Waals surface area contributed by atoms with Crippen LogP contribution in [0.25, 0.3) is 0 Å². The van der Waals surface area contributed by atoms with E-state index in [-0.39, 0.29) is 23.8 Å². The third kappa shape index (κ3) is 9.35. The first-order valence-corrected chi connectivity index (χ1v) is 12.3. The topological polar surface area (TPSA) is 87.7 Å². The maximum atomic E-state index is 13.9. The van der Waals surface area contributed by atoms with E-state index < -0.39 is 23.8 Å². The van der Waals surface area contributed by atoms with Crippen LogP contribution in [0.15, 0.2) is 18.2 Å². The van der Waals surface area contributed by atoms with Gasteiger partial charge in [0.2, 0.25) is 11.8 Å². The Balaban J connectivity index is 3.45. The molecular formula is C27H45N3O4. The molecule has 2 unspecified atom stereocenters. The maximum Gasteiger partial charge on any atom is 0.408 e. The van der Waals surface area contributed by atoms with Gasteiger partial charge in [0.1, 0.15) is 17.7 Å². The van der Waals surface area contributed by atoms with Crippen molar-refractivity contribution < 1.29 is 19.1 Å². The van der Waals surface area contributed by atoms with Crippen LogP contribution in [0.5, 0.6) is 0 Å². The van der Waals surface area contributed by atoms with Crippen molar-refractivity contribution in [2.24, 2.45) is 5.92 Å². The lowest BCUT2D eigenvalue weighted by Gasteiger charge is -2.35. The van der Waals surface area contributed by atoms with Crippen molar-refractivity contribution in [1.82, 2.24) is 15.5 Å². The van der Waals surface area contributed by atoms with Gasteiger partial charge in [-0.2, -0.15) is 0 Å². The third-order valence-corrected chi connectivity index (χ3v) is 5.28. The molecular weight excluding hydrogens is 430 g/mol. The van der Waals surface area contributed by atoms with Crippen LogP contribution in [0.3, 0.4) is 0 Å². The highest BCUT2D eigenvalue weighted by Gasteiger charge is 2.36. The summed E-state index contributed by atoms with van der Waals surface area (Å²) in [5, 5.41) is 5.74. The van der Waals surface area contributed by atoms with Gasteiger partial charge in [-0.3, -0.25) is 9.59 Å². The van der Waals surface area contributed by atoms with Gasteiger partial charge < -0.3 is 20.3 Å². The van der Waals surface area contributed by atoms with Crippen LogP contribution in [0.4, 0.5) is 4.79 Å². The van der Waals surface area contributed by atoms with E-state index in [9.17, 15) is 14.4 Å². The largest absolute Gasteiger partial charge is 0.444 e. The maximum absolute atomic E-state index is 13.9. The molecule has 0 bridgehead atoms. The van der Waals surface area contributed by atoms with E-state index in [0.717, 1.165) is 16.7 Å². The van der Waals surface area contributed by atoms with Crippen LogP contribution >= 0.6 is 0 Å². The molecule has 0 aliphatic rings. The average molecular weight is 476 g/mol. The summed E-state index contributed by atoms with van der Waals surface area (Å²) in [5.74, 6) is -0.374. The Bertz CT molecular complexity index is 843. The van der Waals surface area contributed by atoms with Gasteiger partial charge in [-0.25, -0.2) is 4.79 Å². The number of alkyl carbamates (subject to hydrolysis) is 1. The number of hydrogen-bond acceptors (Lipinski definition) is 4. The molecule has 1 rings (SSSR count). The standard InChI is InChI=1S/C27H45N3O4/c1-11-14-30(25(32)22(15-17(2)3)29-26(33)34-27(8,9)10)23(24(31)28-18(4)5)21-13-12-19(6)20(7)16-21/h12-13,16-18,22-23H,11,14-15H2,1-10H3,(H,28,31)(H,29,33). The number of nitrogens with zero attached hydrogens (tertiary/aromatic N) is 1. The Hall–Kier alpha value is -2.57. The van der Waals surface area contributed by atoms with Gasteiger partial charge in [0.15, 0.2) is 0 Å². The summed E-state index contributed by atoms with van der Waals surface area (Å²) >= 11 is 0. The predicted molar refractivity (Wildman–Crippen MR) is 137 cm³/mol. The van der Waals surface area contributed by atoms with E-state index in [1.807, 2.05) is 66.7 Å². The lowest BCUT2D eigenvalue weighted by atomic mass is 9.96. The fraction of sp³-hybridized carbons (Fsp3) is 0.667. The molecule has 0 spiro atoms. The SMILES string of the molecule is CCCN(C(=O)C(CC(C)C)NC(=O)OC(C)(C)C)C(C(=O)NC(C)C)c1ccc(C)c(C)c1. The van der Waals surface area contributed by atoms with Crippen molar-refractivity contribution >= 4 is 17.9 Å². The molecule has 1 aromatic carbocycles. The fourth-order valence-corrected chi connectivity index (χ4v) is 3.72.